The third-order valence-electron chi connectivity index (χ3n) is 2.25. The minimum atomic E-state index is -4.42. The SMILES string of the molecule is O=c1cc(O)cc(-c2ccc(C(F)(F)F)cc2)o1. The Morgan fingerprint density at radius 2 is 1.67 bits per heavy atom. The van der Waals surface area contributed by atoms with Crippen LogP contribution in [0.1, 0.15) is 5.56 Å². The summed E-state index contributed by atoms with van der Waals surface area (Å²) in [7, 11) is 0. The van der Waals surface area contributed by atoms with Crippen LogP contribution in [0.25, 0.3) is 11.3 Å². The van der Waals surface area contributed by atoms with Crippen LogP contribution in [0.2, 0.25) is 0 Å². The Kier molecular flexibility index (Phi) is 2.86. The molecule has 0 saturated carbocycles. The molecule has 1 heterocycles. The van der Waals surface area contributed by atoms with Crippen molar-refractivity contribution in [1.82, 2.24) is 0 Å². The van der Waals surface area contributed by atoms with Crippen LogP contribution in [0, 0.1) is 0 Å². The highest BCUT2D eigenvalue weighted by atomic mass is 19.4. The molecule has 0 aliphatic carbocycles. The van der Waals surface area contributed by atoms with E-state index in [-0.39, 0.29) is 17.1 Å². The van der Waals surface area contributed by atoms with E-state index < -0.39 is 17.4 Å². The zero-order valence-electron chi connectivity index (χ0n) is 8.86. The fraction of sp³-hybridized carbons (Fsp3) is 0.0833. The van der Waals surface area contributed by atoms with E-state index in [2.05, 4.69) is 0 Å². The summed E-state index contributed by atoms with van der Waals surface area (Å²) in [5.74, 6) is -0.296. The van der Waals surface area contributed by atoms with Gasteiger partial charge in [0, 0.05) is 11.6 Å². The van der Waals surface area contributed by atoms with Crippen LogP contribution < -0.4 is 5.63 Å². The third-order valence-corrected chi connectivity index (χ3v) is 2.25. The predicted molar refractivity (Wildman–Crippen MR) is 57.1 cm³/mol. The number of halogens is 3. The summed E-state index contributed by atoms with van der Waals surface area (Å²) >= 11 is 0. The maximum absolute atomic E-state index is 12.3. The van der Waals surface area contributed by atoms with Gasteiger partial charge in [0.2, 0.25) is 0 Å². The van der Waals surface area contributed by atoms with Crippen LogP contribution in [-0.2, 0) is 6.18 Å². The number of hydrogen-bond acceptors (Lipinski definition) is 3. The molecule has 0 fully saturated rings. The van der Waals surface area contributed by atoms with E-state index in [1.165, 1.54) is 12.1 Å². The fourth-order valence-corrected chi connectivity index (χ4v) is 1.43. The van der Waals surface area contributed by atoms with Crippen LogP contribution in [0.5, 0.6) is 5.75 Å². The van der Waals surface area contributed by atoms with Gasteiger partial charge >= 0.3 is 11.8 Å². The third kappa shape index (κ3) is 2.53. The van der Waals surface area contributed by atoms with Gasteiger partial charge in [-0.1, -0.05) is 12.1 Å². The zero-order chi connectivity index (χ0) is 13.3. The van der Waals surface area contributed by atoms with E-state index in [0.29, 0.717) is 0 Å². The topological polar surface area (TPSA) is 50.4 Å². The first-order valence-electron chi connectivity index (χ1n) is 4.88. The molecule has 0 aliphatic heterocycles. The maximum Gasteiger partial charge on any atom is 0.416 e. The van der Waals surface area contributed by atoms with E-state index in [0.717, 1.165) is 24.3 Å². The minimum absolute atomic E-state index is 0.00808. The van der Waals surface area contributed by atoms with E-state index in [1.807, 2.05) is 0 Å². The Hall–Kier alpha value is -2.24. The molecule has 1 N–H and O–H groups in total. The molecule has 2 rings (SSSR count). The number of hydrogen-bond donors (Lipinski definition) is 1. The van der Waals surface area contributed by atoms with Gasteiger partial charge in [-0.15, -0.1) is 0 Å². The van der Waals surface area contributed by atoms with Crippen molar-refractivity contribution in [2.24, 2.45) is 0 Å². The van der Waals surface area contributed by atoms with Gasteiger partial charge in [0.25, 0.3) is 0 Å². The van der Waals surface area contributed by atoms with E-state index in [4.69, 9.17) is 4.42 Å². The number of aromatic hydroxyl groups is 1. The van der Waals surface area contributed by atoms with E-state index >= 15 is 0 Å². The maximum atomic E-state index is 12.3. The second-order valence-electron chi connectivity index (χ2n) is 3.57. The lowest BCUT2D eigenvalue weighted by atomic mass is 10.1. The van der Waals surface area contributed by atoms with Gasteiger partial charge in [-0.3, -0.25) is 0 Å². The first-order chi connectivity index (χ1) is 8.36. The molecule has 1 aromatic carbocycles. The standard InChI is InChI=1S/C12H7F3O3/c13-12(14,15)8-3-1-7(2-4-8)10-5-9(16)6-11(17)18-10/h1-6,16H. The van der Waals surface area contributed by atoms with Gasteiger partial charge in [0.1, 0.15) is 11.5 Å². The molecule has 18 heavy (non-hydrogen) atoms. The number of benzene rings is 1. The van der Waals surface area contributed by atoms with Gasteiger partial charge in [-0.2, -0.15) is 13.2 Å². The molecule has 0 amide bonds. The molecule has 0 radical (unpaired) electrons. The largest absolute Gasteiger partial charge is 0.508 e. The first-order valence-corrected chi connectivity index (χ1v) is 4.88. The van der Waals surface area contributed by atoms with Crippen LogP contribution in [0.15, 0.2) is 45.6 Å². The highest BCUT2D eigenvalue weighted by Gasteiger charge is 2.30. The smallest absolute Gasteiger partial charge is 0.416 e. The molecule has 0 atom stereocenters. The average molecular weight is 256 g/mol. The number of rotatable bonds is 1. The Labute approximate surface area is 99.1 Å². The van der Waals surface area contributed by atoms with Gasteiger partial charge in [-0.05, 0) is 12.1 Å². The lowest BCUT2D eigenvalue weighted by molar-refractivity contribution is -0.137. The lowest BCUT2D eigenvalue weighted by Crippen LogP contribution is -2.04. The van der Waals surface area contributed by atoms with Crippen molar-refractivity contribution in [2.75, 3.05) is 0 Å². The second-order valence-corrected chi connectivity index (χ2v) is 3.57. The normalized spacial score (nSPS) is 11.5. The Balaban J connectivity index is 2.43. The summed E-state index contributed by atoms with van der Waals surface area (Å²) in [6.07, 6.45) is -4.42. The van der Waals surface area contributed by atoms with Crippen LogP contribution in [0.3, 0.4) is 0 Å². The number of alkyl halides is 3. The van der Waals surface area contributed by atoms with Crippen LogP contribution in [0.4, 0.5) is 13.2 Å². The average Bonchev–Trinajstić information content (AvgIpc) is 2.27. The monoisotopic (exact) mass is 256 g/mol. The Morgan fingerprint density at radius 3 is 2.17 bits per heavy atom. The van der Waals surface area contributed by atoms with E-state index in [9.17, 15) is 23.1 Å². The van der Waals surface area contributed by atoms with Crippen molar-refractivity contribution < 1.29 is 22.7 Å². The molecule has 0 saturated heterocycles. The summed E-state index contributed by atoms with van der Waals surface area (Å²) < 4.78 is 41.8. The molecule has 0 unspecified atom stereocenters. The van der Waals surface area contributed by atoms with Crippen molar-refractivity contribution in [3.05, 3.63) is 52.4 Å². The summed E-state index contributed by atoms with van der Waals surface area (Å²) in [4.78, 5) is 11.0. The van der Waals surface area contributed by atoms with Gasteiger partial charge in [0.15, 0.2) is 0 Å². The molecule has 0 aliphatic rings. The highest BCUT2D eigenvalue weighted by molar-refractivity contribution is 5.58. The molecule has 0 bridgehead atoms. The van der Waals surface area contributed by atoms with Crippen molar-refractivity contribution in [1.29, 1.82) is 0 Å². The molecule has 2 aromatic rings. The van der Waals surface area contributed by atoms with Crippen molar-refractivity contribution in [3.63, 3.8) is 0 Å². The molecule has 0 spiro atoms. The summed E-state index contributed by atoms with van der Waals surface area (Å²) in [6.45, 7) is 0. The molecular formula is C12H7F3O3. The Bertz CT molecular complexity index is 612. The molecule has 1 aromatic heterocycles. The van der Waals surface area contributed by atoms with Crippen molar-refractivity contribution in [2.45, 2.75) is 6.18 Å². The van der Waals surface area contributed by atoms with Crippen molar-refractivity contribution in [3.8, 4) is 17.1 Å². The molecule has 3 nitrogen and oxygen atoms in total. The molecule has 6 heteroatoms. The van der Waals surface area contributed by atoms with Crippen LogP contribution in [-0.4, -0.2) is 5.11 Å². The summed E-state index contributed by atoms with van der Waals surface area (Å²) in [5, 5.41) is 9.20. The van der Waals surface area contributed by atoms with Gasteiger partial charge in [-0.25, -0.2) is 4.79 Å². The quantitative estimate of drug-likeness (QED) is 0.853. The van der Waals surface area contributed by atoms with Crippen LogP contribution >= 0.6 is 0 Å². The molecule has 94 valence electrons. The van der Waals surface area contributed by atoms with E-state index in [1.54, 1.807) is 0 Å². The van der Waals surface area contributed by atoms with Crippen molar-refractivity contribution >= 4 is 0 Å². The van der Waals surface area contributed by atoms with Gasteiger partial charge < -0.3 is 9.52 Å². The first kappa shape index (κ1) is 12.2. The molecular weight excluding hydrogens is 249 g/mol. The summed E-state index contributed by atoms with van der Waals surface area (Å²) in [6, 6.07) is 6.11. The predicted octanol–water partition coefficient (Wildman–Crippen LogP) is 3.03. The minimum Gasteiger partial charge on any atom is -0.508 e. The Morgan fingerprint density at radius 1 is 1.06 bits per heavy atom. The summed E-state index contributed by atoms with van der Waals surface area (Å²) in [5.41, 5.74) is -1.30. The zero-order valence-corrected chi connectivity index (χ0v) is 8.86. The van der Waals surface area contributed by atoms with Gasteiger partial charge in [0.05, 0.1) is 11.6 Å². The highest BCUT2D eigenvalue weighted by Crippen LogP contribution is 2.31. The lowest BCUT2D eigenvalue weighted by Gasteiger charge is -2.07. The second kappa shape index (κ2) is 4.21. The fourth-order valence-electron chi connectivity index (χ4n) is 1.43.